The Hall–Kier alpha value is -2.43. The van der Waals surface area contributed by atoms with Crippen molar-refractivity contribution in [2.24, 2.45) is 0 Å². The Labute approximate surface area is 103 Å². The molecule has 2 N–H and O–H groups in total. The summed E-state index contributed by atoms with van der Waals surface area (Å²) >= 11 is 0. The minimum atomic E-state index is -0.327. The molecule has 0 aliphatic carbocycles. The van der Waals surface area contributed by atoms with Gasteiger partial charge in [-0.25, -0.2) is 13.9 Å². The maximum Gasteiger partial charge on any atom is 0.156 e. The summed E-state index contributed by atoms with van der Waals surface area (Å²) in [5.41, 5.74) is 8.06. The number of aromatic nitrogens is 3. The van der Waals surface area contributed by atoms with Crippen molar-refractivity contribution < 1.29 is 4.39 Å². The Balaban J connectivity index is 1.92. The largest absolute Gasteiger partial charge is 0.399 e. The highest BCUT2D eigenvalue weighted by atomic mass is 19.1. The molecule has 3 rings (SSSR count). The van der Waals surface area contributed by atoms with E-state index >= 15 is 0 Å². The average Bonchev–Trinajstić information content (AvgIpc) is 2.73. The SMILES string of the molecule is Nc1ccc(Cc2nc3ccc(F)cn3n2)cc1. The highest BCUT2D eigenvalue weighted by Crippen LogP contribution is 2.10. The van der Waals surface area contributed by atoms with Crippen LogP contribution in [0.2, 0.25) is 0 Å². The molecule has 0 saturated carbocycles. The first-order valence-electron chi connectivity index (χ1n) is 5.56. The standard InChI is InChI=1S/C13H11FN4/c14-10-3-6-13-16-12(17-18(13)8-10)7-9-1-4-11(15)5-2-9/h1-6,8H,7,15H2. The molecule has 0 radical (unpaired) electrons. The first-order chi connectivity index (χ1) is 8.70. The number of hydrogen-bond donors (Lipinski definition) is 1. The van der Waals surface area contributed by atoms with Gasteiger partial charge >= 0.3 is 0 Å². The van der Waals surface area contributed by atoms with Gasteiger partial charge in [-0.3, -0.25) is 0 Å². The van der Waals surface area contributed by atoms with Crippen molar-refractivity contribution >= 4 is 11.3 Å². The molecule has 3 aromatic rings. The Morgan fingerprint density at radius 3 is 2.67 bits per heavy atom. The van der Waals surface area contributed by atoms with Gasteiger partial charge < -0.3 is 5.73 Å². The molecule has 0 fully saturated rings. The zero-order chi connectivity index (χ0) is 12.5. The van der Waals surface area contributed by atoms with Crippen LogP contribution in [-0.2, 0) is 6.42 Å². The fourth-order valence-corrected chi connectivity index (χ4v) is 1.80. The third-order valence-electron chi connectivity index (χ3n) is 2.68. The molecule has 0 aliphatic rings. The van der Waals surface area contributed by atoms with Crippen LogP contribution >= 0.6 is 0 Å². The van der Waals surface area contributed by atoms with Crippen LogP contribution < -0.4 is 5.73 Å². The zero-order valence-electron chi connectivity index (χ0n) is 9.55. The van der Waals surface area contributed by atoms with Crippen LogP contribution in [0.4, 0.5) is 10.1 Å². The van der Waals surface area contributed by atoms with Crippen LogP contribution in [0.15, 0.2) is 42.6 Å². The molecular formula is C13H11FN4. The number of anilines is 1. The highest BCUT2D eigenvalue weighted by molar-refractivity contribution is 5.41. The molecule has 1 aromatic carbocycles. The fourth-order valence-electron chi connectivity index (χ4n) is 1.80. The molecular weight excluding hydrogens is 231 g/mol. The van der Waals surface area contributed by atoms with E-state index < -0.39 is 0 Å². The molecule has 0 aliphatic heterocycles. The van der Waals surface area contributed by atoms with E-state index in [0.29, 0.717) is 17.9 Å². The normalized spacial score (nSPS) is 10.9. The zero-order valence-corrected chi connectivity index (χ0v) is 9.55. The quantitative estimate of drug-likeness (QED) is 0.700. The molecule has 18 heavy (non-hydrogen) atoms. The van der Waals surface area contributed by atoms with Crippen molar-refractivity contribution in [2.45, 2.75) is 6.42 Å². The van der Waals surface area contributed by atoms with E-state index in [1.165, 1.54) is 16.8 Å². The van der Waals surface area contributed by atoms with Gasteiger partial charge in [0.05, 0.1) is 6.20 Å². The third-order valence-corrected chi connectivity index (χ3v) is 2.68. The van der Waals surface area contributed by atoms with E-state index in [0.717, 1.165) is 11.3 Å². The van der Waals surface area contributed by atoms with Crippen LogP contribution in [0.5, 0.6) is 0 Å². The minimum Gasteiger partial charge on any atom is -0.399 e. The van der Waals surface area contributed by atoms with Crippen molar-refractivity contribution in [3.8, 4) is 0 Å². The first kappa shape index (κ1) is 10.7. The lowest BCUT2D eigenvalue weighted by Gasteiger charge is -1.97. The molecule has 0 saturated heterocycles. The van der Waals surface area contributed by atoms with Gasteiger partial charge in [-0.05, 0) is 29.8 Å². The van der Waals surface area contributed by atoms with Crippen molar-refractivity contribution in [1.82, 2.24) is 14.6 Å². The summed E-state index contributed by atoms with van der Waals surface area (Å²) in [4.78, 5) is 4.33. The van der Waals surface area contributed by atoms with Crippen LogP contribution in [-0.4, -0.2) is 14.6 Å². The second-order valence-corrected chi connectivity index (χ2v) is 4.10. The van der Waals surface area contributed by atoms with Crippen LogP contribution in [0.3, 0.4) is 0 Å². The molecule has 2 heterocycles. The number of benzene rings is 1. The van der Waals surface area contributed by atoms with E-state index in [9.17, 15) is 4.39 Å². The number of nitrogen functional groups attached to an aromatic ring is 1. The molecule has 0 atom stereocenters. The molecule has 2 aromatic heterocycles. The lowest BCUT2D eigenvalue weighted by molar-refractivity contribution is 0.614. The number of rotatable bonds is 2. The second-order valence-electron chi connectivity index (χ2n) is 4.10. The van der Waals surface area contributed by atoms with Crippen LogP contribution in [0.1, 0.15) is 11.4 Å². The van der Waals surface area contributed by atoms with E-state index in [1.54, 1.807) is 6.07 Å². The van der Waals surface area contributed by atoms with Crippen molar-refractivity contribution in [3.05, 3.63) is 59.8 Å². The van der Waals surface area contributed by atoms with Gasteiger partial charge in [0.15, 0.2) is 11.5 Å². The monoisotopic (exact) mass is 242 g/mol. The number of halogens is 1. The molecule has 0 spiro atoms. The Kier molecular flexibility index (Phi) is 2.44. The Morgan fingerprint density at radius 2 is 1.89 bits per heavy atom. The van der Waals surface area contributed by atoms with E-state index in [1.807, 2.05) is 24.3 Å². The molecule has 5 heteroatoms. The van der Waals surface area contributed by atoms with E-state index in [2.05, 4.69) is 10.1 Å². The molecule has 90 valence electrons. The first-order valence-corrected chi connectivity index (χ1v) is 5.56. The van der Waals surface area contributed by atoms with Gasteiger partial charge in [0, 0.05) is 12.1 Å². The lowest BCUT2D eigenvalue weighted by atomic mass is 10.1. The lowest BCUT2D eigenvalue weighted by Crippen LogP contribution is -1.93. The number of fused-ring (bicyclic) bond motifs is 1. The summed E-state index contributed by atoms with van der Waals surface area (Å²) in [7, 11) is 0. The Bertz CT molecular complexity index is 688. The van der Waals surface area contributed by atoms with Crippen molar-refractivity contribution in [2.75, 3.05) is 5.73 Å². The number of pyridine rings is 1. The van der Waals surface area contributed by atoms with Gasteiger partial charge in [0.2, 0.25) is 0 Å². The molecule has 0 amide bonds. The molecule has 4 nitrogen and oxygen atoms in total. The van der Waals surface area contributed by atoms with Crippen molar-refractivity contribution in [1.29, 1.82) is 0 Å². The highest BCUT2D eigenvalue weighted by Gasteiger charge is 2.05. The summed E-state index contributed by atoms with van der Waals surface area (Å²) in [5, 5.41) is 4.23. The average molecular weight is 242 g/mol. The summed E-state index contributed by atoms with van der Waals surface area (Å²) in [5.74, 6) is 0.330. The second kappa shape index (κ2) is 4.10. The van der Waals surface area contributed by atoms with Gasteiger partial charge in [-0.1, -0.05) is 12.1 Å². The van der Waals surface area contributed by atoms with Gasteiger partial charge in [-0.15, -0.1) is 0 Å². The van der Waals surface area contributed by atoms with E-state index in [-0.39, 0.29) is 5.82 Å². The summed E-state index contributed by atoms with van der Waals surface area (Å²) in [6.45, 7) is 0. The molecule has 0 unspecified atom stereocenters. The topological polar surface area (TPSA) is 56.2 Å². The summed E-state index contributed by atoms with van der Waals surface area (Å²) < 4.78 is 14.5. The number of nitrogens with two attached hydrogens (primary N) is 1. The summed E-state index contributed by atoms with van der Waals surface area (Å²) in [6, 6.07) is 10.5. The fraction of sp³-hybridized carbons (Fsp3) is 0.0769. The van der Waals surface area contributed by atoms with Crippen LogP contribution in [0.25, 0.3) is 5.65 Å². The van der Waals surface area contributed by atoms with Gasteiger partial charge in [0.25, 0.3) is 0 Å². The minimum absolute atomic E-state index is 0.327. The van der Waals surface area contributed by atoms with Gasteiger partial charge in [-0.2, -0.15) is 5.10 Å². The van der Waals surface area contributed by atoms with Crippen LogP contribution in [0, 0.1) is 5.82 Å². The summed E-state index contributed by atoms with van der Waals surface area (Å²) in [6.07, 6.45) is 1.92. The van der Waals surface area contributed by atoms with Crippen molar-refractivity contribution in [3.63, 3.8) is 0 Å². The Morgan fingerprint density at radius 1 is 1.11 bits per heavy atom. The van der Waals surface area contributed by atoms with Gasteiger partial charge in [0.1, 0.15) is 5.82 Å². The number of nitrogens with zero attached hydrogens (tertiary/aromatic N) is 3. The van der Waals surface area contributed by atoms with E-state index in [4.69, 9.17) is 5.73 Å². The smallest absolute Gasteiger partial charge is 0.156 e. The predicted octanol–water partition coefficient (Wildman–Crippen LogP) is 2.04. The molecule has 0 bridgehead atoms. The maximum atomic E-state index is 13.0. The predicted molar refractivity (Wildman–Crippen MR) is 66.6 cm³/mol. The third kappa shape index (κ3) is 2.02. The number of hydrogen-bond acceptors (Lipinski definition) is 3. The maximum absolute atomic E-state index is 13.0.